The minimum Gasteiger partial charge on any atom is -0.507 e. The average Bonchev–Trinajstić information content (AvgIpc) is 2.55. The number of amides is 1. The van der Waals surface area contributed by atoms with Crippen LogP contribution in [0.3, 0.4) is 0 Å². The number of carbonyl (C=O) groups excluding carboxylic acids is 1. The Hall–Kier alpha value is -2.89. The summed E-state index contributed by atoms with van der Waals surface area (Å²) in [4.78, 5) is 11.9. The van der Waals surface area contributed by atoms with Gasteiger partial charge in [0.2, 0.25) is 0 Å². The molecule has 0 fully saturated rings. The van der Waals surface area contributed by atoms with E-state index in [1.54, 1.807) is 6.92 Å². The molecule has 132 valence electrons. The van der Waals surface area contributed by atoms with E-state index in [0.717, 1.165) is 17.2 Å². The van der Waals surface area contributed by atoms with Crippen LogP contribution < -0.4 is 10.2 Å². The highest BCUT2D eigenvalue weighted by molar-refractivity contribution is 6.03. The normalized spacial score (nSPS) is 11.3. The maximum atomic E-state index is 13.3. The summed E-state index contributed by atoms with van der Waals surface area (Å²) in [6, 6.07) is 9.27. The zero-order chi connectivity index (χ0) is 18.4. The minimum atomic E-state index is -0.488. The van der Waals surface area contributed by atoms with Gasteiger partial charge in [0, 0.05) is 5.56 Å². The van der Waals surface area contributed by atoms with Gasteiger partial charge >= 0.3 is 0 Å². The van der Waals surface area contributed by atoms with E-state index < -0.39 is 11.7 Å². The number of ether oxygens (including phenoxy) is 1. The number of carbonyl (C=O) groups is 1. The fourth-order valence-corrected chi connectivity index (χ4v) is 2.40. The largest absolute Gasteiger partial charge is 0.507 e. The fourth-order valence-electron chi connectivity index (χ4n) is 2.40. The van der Waals surface area contributed by atoms with Gasteiger partial charge in [-0.15, -0.1) is 0 Å². The summed E-state index contributed by atoms with van der Waals surface area (Å²) in [5.74, 6) is -0.419. The maximum absolute atomic E-state index is 13.3. The molecule has 0 bridgehead atoms. The SMILES string of the molecule is CCC(=NNC(=O)COc1cc(C)cc(C)c1)c1cc(F)ccc1O. The molecule has 2 aromatic rings. The van der Waals surface area contributed by atoms with E-state index in [9.17, 15) is 14.3 Å². The molecule has 0 heterocycles. The molecule has 0 saturated carbocycles. The zero-order valence-electron chi connectivity index (χ0n) is 14.5. The highest BCUT2D eigenvalue weighted by Gasteiger charge is 2.10. The molecule has 0 radical (unpaired) electrons. The topological polar surface area (TPSA) is 70.9 Å². The highest BCUT2D eigenvalue weighted by atomic mass is 19.1. The average molecular weight is 344 g/mol. The molecule has 0 saturated heterocycles. The number of nitrogens with one attached hydrogen (secondary N) is 1. The van der Waals surface area contributed by atoms with E-state index in [0.29, 0.717) is 17.9 Å². The van der Waals surface area contributed by atoms with Gasteiger partial charge in [-0.2, -0.15) is 5.10 Å². The molecule has 0 spiro atoms. The van der Waals surface area contributed by atoms with Crippen molar-refractivity contribution in [3.8, 4) is 11.5 Å². The summed E-state index contributed by atoms with van der Waals surface area (Å²) in [5.41, 5.74) is 5.08. The van der Waals surface area contributed by atoms with Crippen molar-refractivity contribution >= 4 is 11.6 Å². The summed E-state index contributed by atoms with van der Waals surface area (Å²) in [5, 5.41) is 13.8. The third-order valence-corrected chi connectivity index (χ3v) is 3.49. The molecule has 25 heavy (non-hydrogen) atoms. The number of phenols is 1. The van der Waals surface area contributed by atoms with Crippen LogP contribution in [0.1, 0.15) is 30.0 Å². The maximum Gasteiger partial charge on any atom is 0.277 e. The van der Waals surface area contributed by atoms with Crippen molar-refractivity contribution in [2.45, 2.75) is 27.2 Å². The number of benzene rings is 2. The van der Waals surface area contributed by atoms with Crippen molar-refractivity contribution in [1.29, 1.82) is 0 Å². The van der Waals surface area contributed by atoms with E-state index in [-0.39, 0.29) is 17.9 Å². The zero-order valence-corrected chi connectivity index (χ0v) is 14.5. The Morgan fingerprint density at radius 1 is 1.20 bits per heavy atom. The quantitative estimate of drug-likeness (QED) is 0.623. The van der Waals surface area contributed by atoms with Crippen LogP contribution in [0.4, 0.5) is 4.39 Å². The summed E-state index contributed by atoms with van der Waals surface area (Å²) >= 11 is 0. The molecule has 0 aromatic heterocycles. The summed E-state index contributed by atoms with van der Waals surface area (Å²) in [6.07, 6.45) is 0.412. The number of aryl methyl sites for hydroxylation is 2. The first-order valence-electron chi connectivity index (χ1n) is 7.94. The van der Waals surface area contributed by atoms with Crippen molar-refractivity contribution in [2.75, 3.05) is 6.61 Å². The Bertz CT molecular complexity index is 783. The van der Waals surface area contributed by atoms with Gasteiger partial charge in [-0.25, -0.2) is 9.82 Å². The van der Waals surface area contributed by atoms with Crippen LogP contribution in [-0.4, -0.2) is 23.3 Å². The second kappa shape index (κ2) is 8.28. The lowest BCUT2D eigenvalue weighted by molar-refractivity contribution is -0.123. The van der Waals surface area contributed by atoms with Gasteiger partial charge in [-0.05, 0) is 61.7 Å². The molecule has 1 amide bonds. The molecule has 0 atom stereocenters. The van der Waals surface area contributed by atoms with Gasteiger partial charge in [0.25, 0.3) is 5.91 Å². The Labute approximate surface area is 146 Å². The lowest BCUT2D eigenvalue weighted by Crippen LogP contribution is -2.26. The smallest absolute Gasteiger partial charge is 0.277 e. The predicted molar refractivity (Wildman–Crippen MR) is 94.4 cm³/mol. The molecular weight excluding hydrogens is 323 g/mol. The number of aromatic hydroxyl groups is 1. The van der Waals surface area contributed by atoms with E-state index >= 15 is 0 Å². The van der Waals surface area contributed by atoms with E-state index in [1.165, 1.54) is 12.1 Å². The van der Waals surface area contributed by atoms with Crippen molar-refractivity contribution in [3.63, 3.8) is 0 Å². The number of hydrogen-bond donors (Lipinski definition) is 2. The van der Waals surface area contributed by atoms with Crippen molar-refractivity contribution in [1.82, 2.24) is 5.43 Å². The molecule has 0 aliphatic carbocycles. The monoisotopic (exact) mass is 344 g/mol. The van der Waals surface area contributed by atoms with E-state index in [2.05, 4.69) is 10.5 Å². The molecule has 0 aliphatic heterocycles. The molecule has 2 rings (SSSR count). The number of phenolic OH excluding ortho intramolecular Hbond substituents is 1. The van der Waals surface area contributed by atoms with Crippen LogP contribution in [0.2, 0.25) is 0 Å². The first-order chi connectivity index (χ1) is 11.9. The van der Waals surface area contributed by atoms with Crippen LogP contribution in [0, 0.1) is 19.7 Å². The minimum absolute atomic E-state index is 0.0947. The number of hydrazone groups is 1. The molecular formula is C19H21FN2O3. The first kappa shape index (κ1) is 18.4. The van der Waals surface area contributed by atoms with Crippen molar-refractivity contribution in [3.05, 3.63) is 58.9 Å². The third-order valence-electron chi connectivity index (χ3n) is 3.49. The number of nitrogens with zero attached hydrogens (tertiary/aromatic N) is 1. The van der Waals surface area contributed by atoms with E-state index in [4.69, 9.17) is 4.74 Å². The van der Waals surface area contributed by atoms with Crippen LogP contribution in [0.5, 0.6) is 11.5 Å². The highest BCUT2D eigenvalue weighted by Crippen LogP contribution is 2.20. The number of rotatable bonds is 6. The van der Waals surface area contributed by atoms with Gasteiger partial charge in [-0.3, -0.25) is 4.79 Å². The Balaban J connectivity index is 2.01. The molecule has 2 N–H and O–H groups in total. The second-order valence-corrected chi connectivity index (χ2v) is 5.72. The number of hydrogen-bond acceptors (Lipinski definition) is 4. The molecule has 5 nitrogen and oxygen atoms in total. The lowest BCUT2D eigenvalue weighted by atomic mass is 10.1. The van der Waals surface area contributed by atoms with Gasteiger partial charge in [-0.1, -0.05) is 13.0 Å². The lowest BCUT2D eigenvalue weighted by Gasteiger charge is -2.09. The van der Waals surface area contributed by atoms with Crippen LogP contribution >= 0.6 is 0 Å². The van der Waals surface area contributed by atoms with Crippen LogP contribution in [0.15, 0.2) is 41.5 Å². The second-order valence-electron chi connectivity index (χ2n) is 5.72. The van der Waals surface area contributed by atoms with Gasteiger partial charge in [0.15, 0.2) is 6.61 Å². The van der Waals surface area contributed by atoms with Crippen LogP contribution in [0.25, 0.3) is 0 Å². The fraction of sp³-hybridized carbons (Fsp3) is 0.263. The first-order valence-corrected chi connectivity index (χ1v) is 7.94. The van der Waals surface area contributed by atoms with Crippen LogP contribution in [-0.2, 0) is 4.79 Å². The molecule has 6 heteroatoms. The Kier molecular flexibility index (Phi) is 6.11. The summed E-state index contributed by atoms with van der Waals surface area (Å²) < 4.78 is 18.8. The summed E-state index contributed by atoms with van der Waals surface area (Å²) in [6.45, 7) is 5.49. The van der Waals surface area contributed by atoms with Gasteiger partial charge in [0.1, 0.15) is 17.3 Å². The Morgan fingerprint density at radius 2 is 1.88 bits per heavy atom. The summed E-state index contributed by atoms with van der Waals surface area (Å²) in [7, 11) is 0. The third kappa shape index (κ3) is 5.31. The predicted octanol–water partition coefficient (Wildman–Crippen LogP) is 3.46. The standard InChI is InChI=1S/C19H21FN2O3/c1-4-17(16-10-14(20)5-6-18(16)23)21-22-19(24)11-25-15-8-12(2)7-13(3)9-15/h5-10,23H,4,11H2,1-3H3,(H,22,24). The molecule has 0 unspecified atom stereocenters. The molecule has 2 aromatic carbocycles. The van der Waals surface area contributed by atoms with Crippen molar-refractivity contribution < 1.29 is 19.0 Å². The Morgan fingerprint density at radius 3 is 2.52 bits per heavy atom. The number of halogens is 1. The van der Waals surface area contributed by atoms with Gasteiger partial charge in [0.05, 0.1) is 5.71 Å². The van der Waals surface area contributed by atoms with Gasteiger partial charge < -0.3 is 9.84 Å². The van der Waals surface area contributed by atoms with E-state index in [1.807, 2.05) is 32.0 Å². The molecule has 0 aliphatic rings. The van der Waals surface area contributed by atoms with Crippen molar-refractivity contribution in [2.24, 2.45) is 5.10 Å².